The molecule has 0 fully saturated rings. The second kappa shape index (κ2) is 6.21. The first-order chi connectivity index (χ1) is 8.75. The van der Waals surface area contributed by atoms with Crippen LogP contribution in [0.5, 0.6) is 5.75 Å². The summed E-state index contributed by atoms with van der Waals surface area (Å²) in [6.45, 7) is 0.424. The molecule has 18 heavy (non-hydrogen) atoms. The van der Waals surface area contributed by atoms with Crippen LogP contribution in [-0.2, 0) is 6.54 Å². The lowest BCUT2D eigenvalue weighted by Gasteiger charge is -2.07. The van der Waals surface area contributed by atoms with Crippen LogP contribution >= 0.6 is 15.9 Å². The molecular weight excluding hydrogens is 294 g/mol. The van der Waals surface area contributed by atoms with Crippen LogP contribution < -0.4 is 10.1 Å². The van der Waals surface area contributed by atoms with Gasteiger partial charge in [0, 0.05) is 11.0 Å². The highest BCUT2D eigenvalue weighted by atomic mass is 79.9. The maximum atomic E-state index is 11.5. The van der Waals surface area contributed by atoms with E-state index in [4.69, 9.17) is 4.74 Å². The quantitative estimate of drug-likeness (QED) is 0.938. The van der Waals surface area contributed by atoms with Gasteiger partial charge in [-0.15, -0.1) is 0 Å². The van der Waals surface area contributed by atoms with Crippen molar-refractivity contribution in [2.24, 2.45) is 0 Å². The van der Waals surface area contributed by atoms with Crippen LogP contribution in [0.25, 0.3) is 0 Å². The van der Waals surface area contributed by atoms with Crippen molar-refractivity contribution in [2.45, 2.75) is 6.54 Å². The zero-order chi connectivity index (χ0) is 12.8. The van der Waals surface area contributed by atoms with E-state index in [2.05, 4.69) is 21.2 Å². The molecule has 0 spiro atoms. The van der Waals surface area contributed by atoms with Crippen molar-refractivity contribution in [2.75, 3.05) is 0 Å². The summed E-state index contributed by atoms with van der Waals surface area (Å²) in [5.41, 5.74) is 1.00. The van der Waals surface area contributed by atoms with Crippen LogP contribution in [0.1, 0.15) is 5.56 Å². The van der Waals surface area contributed by atoms with E-state index in [1.807, 2.05) is 42.5 Å². The first kappa shape index (κ1) is 12.6. The Morgan fingerprint density at radius 2 is 1.72 bits per heavy atom. The van der Waals surface area contributed by atoms with Crippen molar-refractivity contribution in [1.29, 1.82) is 0 Å². The topological polar surface area (TPSA) is 38.3 Å². The van der Waals surface area contributed by atoms with E-state index in [1.54, 1.807) is 12.1 Å². The van der Waals surface area contributed by atoms with E-state index in [0.29, 0.717) is 12.3 Å². The number of nitrogens with one attached hydrogen (secondary N) is 1. The van der Waals surface area contributed by atoms with Gasteiger partial charge in [0.1, 0.15) is 5.75 Å². The van der Waals surface area contributed by atoms with E-state index >= 15 is 0 Å². The average molecular weight is 306 g/mol. The maximum Gasteiger partial charge on any atom is 0.412 e. The molecule has 3 nitrogen and oxygen atoms in total. The van der Waals surface area contributed by atoms with E-state index in [0.717, 1.165) is 10.0 Å². The number of hydrogen-bond acceptors (Lipinski definition) is 2. The third-order valence-electron chi connectivity index (χ3n) is 2.33. The van der Waals surface area contributed by atoms with E-state index < -0.39 is 6.09 Å². The number of ether oxygens (including phenoxy) is 1. The van der Waals surface area contributed by atoms with Gasteiger partial charge in [-0.05, 0) is 23.8 Å². The number of hydrogen-bond donors (Lipinski definition) is 1. The summed E-state index contributed by atoms with van der Waals surface area (Å²) in [6, 6.07) is 16.7. The lowest BCUT2D eigenvalue weighted by molar-refractivity contribution is 0.200. The van der Waals surface area contributed by atoms with Crippen molar-refractivity contribution in [3.63, 3.8) is 0 Å². The third kappa shape index (κ3) is 3.60. The Kier molecular flexibility index (Phi) is 4.36. The Balaban J connectivity index is 1.88. The van der Waals surface area contributed by atoms with Crippen molar-refractivity contribution in [3.05, 3.63) is 64.6 Å². The summed E-state index contributed by atoms with van der Waals surface area (Å²) in [7, 11) is 0. The van der Waals surface area contributed by atoms with Crippen LogP contribution in [0.2, 0.25) is 0 Å². The van der Waals surface area contributed by atoms with E-state index in [1.165, 1.54) is 0 Å². The van der Waals surface area contributed by atoms with Crippen LogP contribution in [0.4, 0.5) is 4.79 Å². The number of carbonyl (C=O) groups excluding carboxylic acids is 1. The number of carbonyl (C=O) groups is 1. The minimum Gasteiger partial charge on any atom is -0.410 e. The SMILES string of the molecule is O=C(NCc1ccccc1Br)Oc1ccccc1. The van der Waals surface area contributed by atoms with Gasteiger partial charge in [-0.1, -0.05) is 52.3 Å². The standard InChI is InChI=1S/C14H12BrNO2/c15-13-9-5-4-6-11(13)10-16-14(17)18-12-7-2-1-3-8-12/h1-9H,10H2,(H,16,17). The Hall–Kier alpha value is -1.81. The van der Waals surface area contributed by atoms with Gasteiger partial charge < -0.3 is 10.1 Å². The average Bonchev–Trinajstić information content (AvgIpc) is 2.39. The number of benzene rings is 2. The molecule has 0 radical (unpaired) electrons. The molecule has 2 rings (SSSR count). The summed E-state index contributed by atoms with van der Waals surface area (Å²) in [5.74, 6) is 0.530. The molecule has 0 bridgehead atoms. The Morgan fingerprint density at radius 1 is 1.06 bits per heavy atom. The largest absolute Gasteiger partial charge is 0.412 e. The van der Waals surface area contributed by atoms with Crippen molar-refractivity contribution < 1.29 is 9.53 Å². The smallest absolute Gasteiger partial charge is 0.410 e. The second-order valence-corrected chi connectivity index (χ2v) is 4.50. The van der Waals surface area contributed by atoms with Gasteiger partial charge in [0.15, 0.2) is 0 Å². The van der Waals surface area contributed by atoms with Gasteiger partial charge in [-0.25, -0.2) is 4.79 Å². The summed E-state index contributed by atoms with van der Waals surface area (Å²) < 4.78 is 6.07. The molecule has 92 valence electrons. The Labute approximate surface area is 114 Å². The first-order valence-electron chi connectivity index (χ1n) is 5.50. The number of para-hydroxylation sites is 1. The van der Waals surface area contributed by atoms with Crippen LogP contribution in [0.15, 0.2) is 59.1 Å². The van der Waals surface area contributed by atoms with E-state index in [9.17, 15) is 4.79 Å². The normalized spacial score (nSPS) is 9.83. The molecule has 2 aromatic carbocycles. The van der Waals surface area contributed by atoms with E-state index in [-0.39, 0.29) is 0 Å². The molecule has 0 aliphatic rings. The molecule has 0 saturated carbocycles. The summed E-state index contributed by atoms with van der Waals surface area (Å²) in [4.78, 5) is 11.5. The van der Waals surface area contributed by atoms with Gasteiger partial charge in [-0.2, -0.15) is 0 Å². The highest BCUT2D eigenvalue weighted by Crippen LogP contribution is 2.15. The summed E-state index contributed by atoms with van der Waals surface area (Å²) in [5, 5.41) is 2.70. The molecule has 1 amide bonds. The predicted octanol–water partition coefficient (Wildman–Crippen LogP) is 3.74. The monoisotopic (exact) mass is 305 g/mol. The zero-order valence-corrected chi connectivity index (χ0v) is 11.2. The molecule has 0 atom stereocenters. The molecule has 0 aromatic heterocycles. The highest BCUT2D eigenvalue weighted by molar-refractivity contribution is 9.10. The molecule has 0 unspecified atom stereocenters. The van der Waals surface area contributed by atoms with Gasteiger partial charge >= 0.3 is 6.09 Å². The molecule has 0 aliphatic carbocycles. The van der Waals surface area contributed by atoms with Gasteiger partial charge in [0.05, 0.1) is 0 Å². The number of amides is 1. The van der Waals surface area contributed by atoms with Gasteiger partial charge in [-0.3, -0.25) is 0 Å². The molecule has 0 saturated heterocycles. The third-order valence-corrected chi connectivity index (χ3v) is 3.11. The summed E-state index contributed by atoms with van der Waals surface area (Å²) >= 11 is 3.42. The first-order valence-corrected chi connectivity index (χ1v) is 6.29. The molecule has 0 aliphatic heterocycles. The number of rotatable bonds is 3. The van der Waals surface area contributed by atoms with Crippen LogP contribution in [0, 0.1) is 0 Å². The fourth-order valence-electron chi connectivity index (χ4n) is 1.44. The fraction of sp³-hybridized carbons (Fsp3) is 0.0714. The molecule has 4 heteroatoms. The zero-order valence-electron chi connectivity index (χ0n) is 9.60. The highest BCUT2D eigenvalue weighted by Gasteiger charge is 2.04. The molecule has 1 N–H and O–H groups in total. The minimum absolute atomic E-state index is 0.424. The molecule has 0 heterocycles. The fourth-order valence-corrected chi connectivity index (χ4v) is 1.87. The second-order valence-electron chi connectivity index (χ2n) is 3.65. The number of halogens is 1. The van der Waals surface area contributed by atoms with Gasteiger partial charge in [0.2, 0.25) is 0 Å². The molecule has 2 aromatic rings. The van der Waals surface area contributed by atoms with Crippen LogP contribution in [-0.4, -0.2) is 6.09 Å². The van der Waals surface area contributed by atoms with Gasteiger partial charge in [0.25, 0.3) is 0 Å². The van der Waals surface area contributed by atoms with Crippen molar-refractivity contribution >= 4 is 22.0 Å². The van der Waals surface area contributed by atoms with Crippen molar-refractivity contribution in [3.8, 4) is 5.75 Å². The summed E-state index contributed by atoms with van der Waals surface area (Å²) in [6.07, 6.45) is -0.461. The predicted molar refractivity (Wildman–Crippen MR) is 73.4 cm³/mol. The van der Waals surface area contributed by atoms with Crippen molar-refractivity contribution in [1.82, 2.24) is 5.32 Å². The Morgan fingerprint density at radius 3 is 2.44 bits per heavy atom. The molecular formula is C14H12BrNO2. The lowest BCUT2D eigenvalue weighted by atomic mass is 10.2. The minimum atomic E-state index is -0.461. The maximum absolute atomic E-state index is 11.5. The van der Waals surface area contributed by atoms with Crippen LogP contribution in [0.3, 0.4) is 0 Å². The Bertz CT molecular complexity index is 528. The lowest BCUT2D eigenvalue weighted by Crippen LogP contribution is -2.26.